The molecule has 1 atom stereocenters. The number of hydrogen-bond acceptors (Lipinski definition) is 1. The van der Waals surface area contributed by atoms with Gasteiger partial charge in [-0.15, -0.1) is 0 Å². The molecule has 0 saturated heterocycles. The molecule has 1 nitrogen and oxygen atoms in total. The van der Waals surface area contributed by atoms with E-state index in [1.54, 1.807) is 6.07 Å². The molecule has 0 radical (unpaired) electrons. The van der Waals surface area contributed by atoms with Crippen LogP contribution >= 0.6 is 11.6 Å². The van der Waals surface area contributed by atoms with Gasteiger partial charge >= 0.3 is 0 Å². The second-order valence-electron chi connectivity index (χ2n) is 4.86. The van der Waals surface area contributed by atoms with Crippen LogP contribution in [0.1, 0.15) is 29.7 Å². The first kappa shape index (κ1) is 13.9. The van der Waals surface area contributed by atoms with Gasteiger partial charge in [-0.1, -0.05) is 29.8 Å². The molecule has 0 saturated carbocycles. The van der Waals surface area contributed by atoms with Gasteiger partial charge in [-0.05, 0) is 55.7 Å². The third kappa shape index (κ3) is 3.27. The summed E-state index contributed by atoms with van der Waals surface area (Å²) < 4.78 is 13.5. The van der Waals surface area contributed by atoms with E-state index >= 15 is 0 Å². The van der Waals surface area contributed by atoms with Crippen molar-refractivity contribution in [2.24, 2.45) is 0 Å². The molecule has 0 amide bonds. The fraction of sp³-hybridized carbons (Fsp3) is 0.250. The summed E-state index contributed by atoms with van der Waals surface area (Å²) in [6.07, 6.45) is 0. The normalized spacial score (nSPS) is 12.3. The summed E-state index contributed by atoms with van der Waals surface area (Å²) in [5.74, 6) is -0.381. The summed E-state index contributed by atoms with van der Waals surface area (Å²) >= 11 is 5.70. The first-order valence-corrected chi connectivity index (χ1v) is 6.64. The molecule has 19 heavy (non-hydrogen) atoms. The molecule has 0 aromatic heterocycles. The van der Waals surface area contributed by atoms with E-state index in [0.29, 0.717) is 0 Å². The van der Waals surface area contributed by atoms with E-state index in [1.165, 1.54) is 17.2 Å². The molecule has 0 aliphatic rings. The maximum Gasteiger partial charge on any atom is 0.142 e. The second-order valence-corrected chi connectivity index (χ2v) is 5.27. The lowest BCUT2D eigenvalue weighted by Gasteiger charge is -2.18. The molecule has 2 aromatic carbocycles. The quantitative estimate of drug-likeness (QED) is 0.806. The minimum Gasteiger partial charge on any atom is -0.378 e. The molecule has 0 spiro atoms. The van der Waals surface area contributed by atoms with Crippen LogP contribution in [0.3, 0.4) is 0 Å². The van der Waals surface area contributed by atoms with Crippen molar-refractivity contribution in [3.63, 3.8) is 0 Å². The Labute approximate surface area is 118 Å². The lowest BCUT2D eigenvalue weighted by molar-refractivity contribution is 0.624. The zero-order valence-electron chi connectivity index (χ0n) is 11.3. The number of benzene rings is 2. The largest absolute Gasteiger partial charge is 0.378 e. The molecule has 0 bridgehead atoms. The first-order chi connectivity index (χ1) is 8.97. The second kappa shape index (κ2) is 5.62. The Hall–Kier alpha value is -1.54. The Morgan fingerprint density at radius 2 is 1.84 bits per heavy atom. The summed E-state index contributed by atoms with van der Waals surface area (Å²) in [7, 11) is 0. The molecule has 0 aliphatic carbocycles. The van der Waals surface area contributed by atoms with Gasteiger partial charge in [-0.3, -0.25) is 0 Å². The highest BCUT2D eigenvalue weighted by atomic mass is 35.5. The lowest BCUT2D eigenvalue weighted by Crippen LogP contribution is -2.08. The van der Waals surface area contributed by atoms with Gasteiger partial charge in [0.25, 0.3) is 0 Å². The first-order valence-electron chi connectivity index (χ1n) is 6.26. The van der Waals surface area contributed by atoms with E-state index in [4.69, 9.17) is 11.6 Å². The maximum atomic E-state index is 13.5. The van der Waals surface area contributed by atoms with Crippen molar-refractivity contribution in [3.8, 4) is 0 Å². The monoisotopic (exact) mass is 277 g/mol. The van der Waals surface area contributed by atoms with Gasteiger partial charge in [0.05, 0.1) is 5.02 Å². The minimum atomic E-state index is -0.381. The van der Waals surface area contributed by atoms with Crippen LogP contribution < -0.4 is 5.32 Å². The lowest BCUT2D eigenvalue weighted by atomic mass is 10.1. The van der Waals surface area contributed by atoms with Gasteiger partial charge < -0.3 is 5.32 Å². The summed E-state index contributed by atoms with van der Waals surface area (Å²) in [5.41, 5.74) is 4.32. The average Bonchev–Trinajstić information content (AvgIpc) is 2.37. The van der Waals surface area contributed by atoms with Crippen LogP contribution in [0.5, 0.6) is 0 Å². The molecule has 0 heterocycles. The molecule has 100 valence electrons. The number of rotatable bonds is 3. The number of anilines is 1. The molecule has 0 aliphatic heterocycles. The van der Waals surface area contributed by atoms with Gasteiger partial charge in [-0.2, -0.15) is 0 Å². The van der Waals surface area contributed by atoms with Gasteiger partial charge in [0.2, 0.25) is 0 Å². The number of nitrogens with one attached hydrogen (secondary N) is 1. The van der Waals surface area contributed by atoms with Gasteiger partial charge in [-0.25, -0.2) is 4.39 Å². The van der Waals surface area contributed by atoms with Crippen LogP contribution in [-0.2, 0) is 0 Å². The van der Waals surface area contributed by atoms with E-state index < -0.39 is 0 Å². The highest BCUT2D eigenvalue weighted by Gasteiger charge is 2.09. The third-order valence-electron chi connectivity index (χ3n) is 3.21. The van der Waals surface area contributed by atoms with Crippen LogP contribution in [-0.4, -0.2) is 0 Å². The Kier molecular flexibility index (Phi) is 4.11. The molecule has 1 unspecified atom stereocenters. The third-order valence-corrected chi connectivity index (χ3v) is 3.52. The minimum absolute atomic E-state index is 0.0206. The van der Waals surface area contributed by atoms with Crippen LogP contribution in [0.2, 0.25) is 5.02 Å². The van der Waals surface area contributed by atoms with Gasteiger partial charge in [0.15, 0.2) is 0 Å². The fourth-order valence-corrected chi connectivity index (χ4v) is 2.11. The Morgan fingerprint density at radius 3 is 2.53 bits per heavy atom. The Balaban J connectivity index is 2.22. The maximum absolute atomic E-state index is 13.5. The molecule has 1 N–H and O–H groups in total. The molecular formula is C16H17ClFN. The van der Waals surface area contributed by atoms with Crippen molar-refractivity contribution in [3.05, 3.63) is 63.9 Å². The predicted molar refractivity (Wildman–Crippen MR) is 79.4 cm³/mol. The zero-order chi connectivity index (χ0) is 14.0. The average molecular weight is 278 g/mol. The highest BCUT2D eigenvalue weighted by molar-refractivity contribution is 6.30. The zero-order valence-corrected chi connectivity index (χ0v) is 12.1. The predicted octanol–water partition coefficient (Wildman–Crippen LogP) is 5.27. The van der Waals surface area contributed by atoms with E-state index in [9.17, 15) is 4.39 Å². The van der Waals surface area contributed by atoms with Crippen molar-refractivity contribution in [2.45, 2.75) is 26.8 Å². The Morgan fingerprint density at radius 1 is 1.11 bits per heavy atom. The van der Waals surface area contributed by atoms with Crippen molar-refractivity contribution in [2.75, 3.05) is 5.32 Å². The van der Waals surface area contributed by atoms with Crippen LogP contribution in [0, 0.1) is 19.7 Å². The van der Waals surface area contributed by atoms with Gasteiger partial charge in [0, 0.05) is 11.7 Å². The van der Waals surface area contributed by atoms with Crippen molar-refractivity contribution < 1.29 is 4.39 Å². The molecule has 0 fully saturated rings. The number of aryl methyl sites for hydroxylation is 2. The summed E-state index contributed by atoms with van der Waals surface area (Å²) in [6.45, 7) is 6.11. The molecule has 2 aromatic rings. The van der Waals surface area contributed by atoms with Crippen LogP contribution in [0.15, 0.2) is 36.4 Å². The van der Waals surface area contributed by atoms with E-state index in [0.717, 1.165) is 11.3 Å². The molecule has 3 heteroatoms. The van der Waals surface area contributed by atoms with Crippen molar-refractivity contribution >= 4 is 17.3 Å². The molecule has 2 rings (SSSR count). The van der Waals surface area contributed by atoms with Crippen LogP contribution in [0.25, 0.3) is 0 Å². The number of halogens is 2. The van der Waals surface area contributed by atoms with E-state index in [1.807, 2.05) is 13.0 Å². The van der Waals surface area contributed by atoms with E-state index in [-0.39, 0.29) is 16.9 Å². The topological polar surface area (TPSA) is 12.0 Å². The SMILES string of the molecule is Cc1ccc(C)c(NC(C)c2ccc(Cl)c(F)c2)c1. The Bertz CT molecular complexity index is 595. The van der Waals surface area contributed by atoms with Crippen molar-refractivity contribution in [1.82, 2.24) is 0 Å². The van der Waals surface area contributed by atoms with Gasteiger partial charge in [0.1, 0.15) is 5.82 Å². The highest BCUT2D eigenvalue weighted by Crippen LogP contribution is 2.25. The van der Waals surface area contributed by atoms with Crippen LogP contribution in [0.4, 0.5) is 10.1 Å². The standard InChI is InChI=1S/C16H17ClFN/c1-10-4-5-11(2)16(8-10)19-12(3)13-6-7-14(17)15(18)9-13/h4-9,12,19H,1-3H3. The molecular weight excluding hydrogens is 261 g/mol. The van der Waals surface area contributed by atoms with Crippen molar-refractivity contribution in [1.29, 1.82) is 0 Å². The number of hydrogen-bond donors (Lipinski definition) is 1. The summed E-state index contributed by atoms with van der Waals surface area (Å²) in [5, 5.41) is 3.56. The van der Waals surface area contributed by atoms with E-state index in [2.05, 4.69) is 37.4 Å². The fourth-order valence-electron chi connectivity index (χ4n) is 1.99. The summed E-state index contributed by atoms with van der Waals surface area (Å²) in [6, 6.07) is 11.2. The smallest absolute Gasteiger partial charge is 0.142 e. The summed E-state index contributed by atoms with van der Waals surface area (Å²) in [4.78, 5) is 0.